The molecule has 3 rings (SSSR count). The van der Waals surface area contributed by atoms with E-state index in [2.05, 4.69) is 4.74 Å². The zero-order valence-electron chi connectivity index (χ0n) is 10.5. The standard InChI is InChI=1S/C12H15NO6/c1-5-6-3-4-7(13(5)12(18)19-2)9(11(16)17)8(6)10(14)15/h3-9H,1-2H3,(H,14,15)(H,16,17)/t5-,6-,7+,8-,9+/m0/s1. The van der Waals surface area contributed by atoms with E-state index in [4.69, 9.17) is 0 Å². The molecule has 2 bridgehead atoms. The highest BCUT2D eigenvalue weighted by molar-refractivity contribution is 5.84. The van der Waals surface area contributed by atoms with Crippen molar-refractivity contribution in [3.05, 3.63) is 12.2 Å². The van der Waals surface area contributed by atoms with Gasteiger partial charge in [0.25, 0.3) is 0 Å². The minimum atomic E-state index is -1.22. The van der Waals surface area contributed by atoms with Crippen LogP contribution in [-0.4, -0.2) is 52.3 Å². The Balaban J connectivity index is 2.45. The van der Waals surface area contributed by atoms with E-state index < -0.39 is 47.9 Å². The van der Waals surface area contributed by atoms with Crippen molar-refractivity contribution >= 4 is 18.0 Å². The zero-order valence-corrected chi connectivity index (χ0v) is 10.5. The van der Waals surface area contributed by atoms with Gasteiger partial charge >= 0.3 is 18.0 Å². The third kappa shape index (κ3) is 1.85. The first-order valence-electron chi connectivity index (χ1n) is 5.90. The number of hydrogen-bond donors (Lipinski definition) is 2. The molecule has 0 radical (unpaired) electrons. The normalized spacial score (nSPS) is 36.1. The monoisotopic (exact) mass is 269 g/mol. The van der Waals surface area contributed by atoms with Crippen LogP contribution in [0.3, 0.4) is 0 Å². The Kier molecular flexibility index (Phi) is 3.21. The van der Waals surface area contributed by atoms with Gasteiger partial charge in [-0.1, -0.05) is 12.2 Å². The van der Waals surface area contributed by atoms with E-state index in [-0.39, 0.29) is 0 Å². The predicted octanol–water partition coefficient (Wildman–Crippen LogP) is 0.413. The fourth-order valence-electron chi connectivity index (χ4n) is 3.13. The van der Waals surface area contributed by atoms with Crippen LogP contribution in [0.5, 0.6) is 0 Å². The molecular formula is C12H15NO6. The molecule has 5 atom stereocenters. The highest BCUT2D eigenvalue weighted by atomic mass is 16.5. The lowest BCUT2D eigenvalue weighted by atomic mass is 9.66. The Hall–Kier alpha value is -2.05. The average Bonchev–Trinajstić information content (AvgIpc) is 2.37. The molecule has 104 valence electrons. The number of fused-ring (bicyclic) bond motifs is 2. The first-order chi connectivity index (χ1) is 8.90. The second-order valence-electron chi connectivity index (χ2n) is 4.80. The number of hydrogen-bond acceptors (Lipinski definition) is 4. The number of carboxylic acids is 2. The lowest BCUT2D eigenvalue weighted by Crippen LogP contribution is -2.64. The number of methoxy groups -OCH3 is 1. The second kappa shape index (κ2) is 4.56. The maximum Gasteiger partial charge on any atom is 0.410 e. The molecule has 1 aliphatic carbocycles. The third-order valence-corrected chi connectivity index (χ3v) is 3.97. The third-order valence-electron chi connectivity index (χ3n) is 3.97. The summed E-state index contributed by atoms with van der Waals surface area (Å²) in [6.07, 6.45) is 2.63. The van der Waals surface area contributed by atoms with Crippen LogP contribution < -0.4 is 0 Å². The van der Waals surface area contributed by atoms with E-state index in [1.807, 2.05) is 0 Å². The molecule has 0 saturated carbocycles. The summed E-state index contributed by atoms with van der Waals surface area (Å²) >= 11 is 0. The predicted molar refractivity (Wildman–Crippen MR) is 62.4 cm³/mol. The molecule has 1 fully saturated rings. The van der Waals surface area contributed by atoms with Crippen LogP contribution in [0.4, 0.5) is 4.79 Å². The van der Waals surface area contributed by atoms with E-state index in [9.17, 15) is 24.6 Å². The Bertz CT molecular complexity index is 459. The van der Waals surface area contributed by atoms with Crippen LogP contribution in [-0.2, 0) is 14.3 Å². The first kappa shape index (κ1) is 13.4. The lowest BCUT2D eigenvalue weighted by molar-refractivity contribution is -0.164. The molecule has 1 saturated heterocycles. The van der Waals surface area contributed by atoms with Gasteiger partial charge in [-0.2, -0.15) is 0 Å². The molecule has 0 aromatic rings. The summed E-state index contributed by atoms with van der Waals surface area (Å²) in [5.74, 6) is -5.07. The van der Waals surface area contributed by atoms with E-state index >= 15 is 0 Å². The highest BCUT2D eigenvalue weighted by Crippen LogP contribution is 2.43. The summed E-state index contributed by atoms with van der Waals surface area (Å²) < 4.78 is 4.65. The number of nitrogens with zero attached hydrogens (tertiary/aromatic N) is 1. The maximum atomic E-state index is 11.7. The van der Waals surface area contributed by atoms with E-state index in [0.29, 0.717) is 0 Å². The van der Waals surface area contributed by atoms with Crippen LogP contribution in [0.1, 0.15) is 6.92 Å². The minimum absolute atomic E-state index is 0.404. The molecule has 2 heterocycles. The van der Waals surface area contributed by atoms with Crippen molar-refractivity contribution in [3.8, 4) is 0 Å². The SMILES string of the molecule is COC(=O)N1[C@@H]2C=C[C@H]([C@H](C(=O)O)[C@@H]2C(=O)O)[C@@H]1C. The van der Waals surface area contributed by atoms with Gasteiger partial charge in [-0.15, -0.1) is 0 Å². The summed E-state index contributed by atoms with van der Waals surface area (Å²) in [7, 11) is 1.21. The Labute approximate surface area is 109 Å². The van der Waals surface area contributed by atoms with Crippen LogP contribution in [0.25, 0.3) is 0 Å². The van der Waals surface area contributed by atoms with Crippen molar-refractivity contribution in [2.45, 2.75) is 19.0 Å². The molecule has 7 nitrogen and oxygen atoms in total. The highest BCUT2D eigenvalue weighted by Gasteiger charge is 2.56. The molecule has 0 aromatic carbocycles. The van der Waals surface area contributed by atoms with Crippen molar-refractivity contribution in [2.75, 3.05) is 7.11 Å². The fourth-order valence-corrected chi connectivity index (χ4v) is 3.13. The summed E-state index contributed by atoms with van der Waals surface area (Å²) in [4.78, 5) is 35.7. The fraction of sp³-hybridized carbons (Fsp3) is 0.583. The Morgan fingerprint density at radius 1 is 1.11 bits per heavy atom. The van der Waals surface area contributed by atoms with Gasteiger partial charge in [0.05, 0.1) is 25.0 Å². The molecule has 0 aromatic heterocycles. The number of carboxylic acid groups (broad SMARTS) is 2. The summed E-state index contributed by atoms with van der Waals surface area (Å²) in [5.41, 5.74) is 0. The molecule has 7 heteroatoms. The molecular weight excluding hydrogens is 254 g/mol. The molecule has 2 N–H and O–H groups in total. The van der Waals surface area contributed by atoms with Crippen LogP contribution >= 0.6 is 0 Å². The van der Waals surface area contributed by atoms with Crippen LogP contribution in [0.15, 0.2) is 12.2 Å². The van der Waals surface area contributed by atoms with Gasteiger partial charge in [0, 0.05) is 12.0 Å². The van der Waals surface area contributed by atoms with Gasteiger partial charge in [-0.05, 0) is 6.92 Å². The largest absolute Gasteiger partial charge is 0.481 e. The summed E-state index contributed by atoms with van der Waals surface area (Å²) in [6, 6.07) is -1.19. The van der Waals surface area contributed by atoms with Crippen LogP contribution in [0, 0.1) is 17.8 Å². The molecule has 1 amide bonds. The Morgan fingerprint density at radius 3 is 2.16 bits per heavy atom. The topological polar surface area (TPSA) is 104 Å². The van der Waals surface area contributed by atoms with Gasteiger partial charge in [-0.3, -0.25) is 14.5 Å². The number of carbonyl (C=O) groups excluding carboxylic acids is 1. The van der Waals surface area contributed by atoms with Crippen molar-refractivity contribution < 1.29 is 29.3 Å². The van der Waals surface area contributed by atoms with Gasteiger partial charge in [0.1, 0.15) is 0 Å². The second-order valence-corrected chi connectivity index (χ2v) is 4.80. The number of rotatable bonds is 2. The molecule has 0 unspecified atom stereocenters. The number of carbonyl (C=O) groups is 3. The number of amides is 1. The lowest BCUT2D eigenvalue weighted by Gasteiger charge is -2.51. The number of aliphatic carboxylic acids is 2. The van der Waals surface area contributed by atoms with E-state index in [0.717, 1.165) is 0 Å². The first-order valence-corrected chi connectivity index (χ1v) is 5.90. The van der Waals surface area contributed by atoms with Crippen molar-refractivity contribution in [1.29, 1.82) is 0 Å². The summed E-state index contributed by atoms with van der Waals surface area (Å²) in [5, 5.41) is 18.5. The smallest absolute Gasteiger partial charge is 0.410 e. The average molecular weight is 269 g/mol. The zero-order chi connectivity index (χ0) is 14.3. The van der Waals surface area contributed by atoms with Gasteiger partial charge in [0.2, 0.25) is 0 Å². The van der Waals surface area contributed by atoms with Gasteiger partial charge in [0.15, 0.2) is 0 Å². The summed E-state index contributed by atoms with van der Waals surface area (Å²) in [6.45, 7) is 1.70. The van der Waals surface area contributed by atoms with Crippen molar-refractivity contribution in [1.82, 2.24) is 4.90 Å². The minimum Gasteiger partial charge on any atom is -0.481 e. The molecule has 0 spiro atoms. The van der Waals surface area contributed by atoms with Crippen molar-refractivity contribution in [3.63, 3.8) is 0 Å². The van der Waals surface area contributed by atoms with Gasteiger partial charge < -0.3 is 14.9 Å². The number of piperidine rings is 1. The molecule has 19 heavy (non-hydrogen) atoms. The molecule has 3 aliphatic rings. The number of ether oxygens (including phenoxy) is 1. The van der Waals surface area contributed by atoms with Crippen LogP contribution in [0.2, 0.25) is 0 Å². The van der Waals surface area contributed by atoms with Crippen molar-refractivity contribution in [2.24, 2.45) is 17.8 Å². The van der Waals surface area contributed by atoms with Gasteiger partial charge in [-0.25, -0.2) is 4.79 Å². The maximum absolute atomic E-state index is 11.7. The quantitative estimate of drug-likeness (QED) is 0.704. The van der Waals surface area contributed by atoms with E-state index in [1.165, 1.54) is 12.0 Å². The Morgan fingerprint density at radius 2 is 1.68 bits per heavy atom. The molecule has 2 aliphatic heterocycles. The van der Waals surface area contributed by atoms with E-state index in [1.54, 1.807) is 19.1 Å².